The van der Waals surface area contributed by atoms with E-state index in [9.17, 15) is 9.59 Å². The summed E-state index contributed by atoms with van der Waals surface area (Å²) < 4.78 is 0. The second-order valence-electron chi connectivity index (χ2n) is 9.52. The SMILES string of the molecule is Cc1nc([C@H]2CCCN(C(=O)CN(C)C)C2)nc2c1CCC(=O)N2CCCc1ccccc1. The van der Waals surface area contributed by atoms with Crippen molar-refractivity contribution in [3.05, 3.63) is 53.0 Å². The lowest BCUT2D eigenvalue weighted by Gasteiger charge is -2.34. The Bertz CT molecular complexity index is 992. The molecule has 0 bridgehead atoms. The molecule has 33 heavy (non-hydrogen) atoms. The highest BCUT2D eigenvalue weighted by atomic mass is 16.2. The van der Waals surface area contributed by atoms with Crippen molar-refractivity contribution in [1.82, 2.24) is 19.8 Å². The lowest BCUT2D eigenvalue weighted by molar-refractivity contribution is -0.133. The molecule has 0 radical (unpaired) electrons. The largest absolute Gasteiger partial charge is 0.341 e. The van der Waals surface area contributed by atoms with Crippen molar-refractivity contribution < 1.29 is 9.59 Å². The molecule has 0 spiro atoms. The van der Waals surface area contributed by atoms with Crippen LogP contribution in [-0.2, 0) is 22.4 Å². The summed E-state index contributed by atoms with van der Waals surface area (Å²) in [6.07, 6.45) is 4.95. The molecule has 2 aliphatic rings. The predicted molar refractivity (Wildman–Crippen MR) is 129 cm³/mol. The number of hydrogen-bond acceptors (Lipinski definition) is 5. The number of fused-ring (bicyclic) bond motifs is 1. The van der Waals surface area contributed by atoms with Crippen LogP contribution in [-0.4, -0.2) is 71.9 Å². The summed E-state index contributed by atoms with van der Waals surface area (Å²) >= 11 is 0. The Hall–Kier alpha value is -2.80. The Morgan fingerprint density at radius 3 is 2.70 bits per heavy atom. The van der Waals surface area contributed by atoms with Gasteiger partial charge in [0.2, 0.25) is 11.8 Å². The Kier molecular flexibility index (Phi) is 7.38. The minimum Gasteiger partial charge on any atom is -0.341 e. The van der Waals surface area contributed by atoms with Gasteiger partial charge in [-0.15, -0.1) is 0 Å². The lowest BCUT2D eigenvalue weighted by atomic mass is 9.95. The number of hydrogen-bond donors (Lipinski definition) is 0. The number of nitrogens with zero attached hydrogens (tertiary/aromatic N) is 5. The van der Waals surface area contributed by atoms with E-state index in [2.05, 4.69) is 24.3 Å². The molecule has 3 heterocycles. The van der Waals surface area contributed by atoms with Gasteiger partial charge in [0, 0.05) is 43.2 Å². The van der Waals surface area contributed by atoms with E-state index in [1.165, 1.54) is 5.56 Å². The first-order valence-corrected chi connectivity index (χ1v) is 12.1. The van der Waals surface area contributed by atoms with Crippen molar-refractivity contribution in [3.63, 3.8) is 0 Å². The topological polar surface area (TPSA) is 69.6 Å². The fourth-order valence-corrected chi connectivity index (χ4v) is 4.89. The number of carbonyl (C=O) groups excluding carboxylic acids is 2. The highest BCUT2D eigenvalue weighted by molar-refractivity contribution is 5.95. The normalized spacial score (nSPS) is 18.5. The summed E-state index contributed by atoms with van der Waals surface area (Å²) in [5.74, 6) is 1.97. The maximum atomic E-state index is 12.9. The molecule has 176 valence electrons. The molecule has 0 unspecified atom stereocenters. The van der Waals surface area contributed by atoms with Crippen LogP contribution in [0.15, 0.2) is 30.3 Å². The van der Waals surface area contributed by atoms with E-state index < -0.39 is 0 Å². The van der Waals surface area contributed by atoms with Crippen molar-refractivity contribution in [1.29, 1.82) is 0 Å². The Labute approximate surface area is 196 Å². The molecule has 1 fully saturated rings. The first-order valence-electron chi connectivity index (χ1n) is 12.1. The molecule has 0 saturated carbocycles. The van der Waals surface area contributed by atoms with Gasteiger partial charge in [0.1, 0.15) is 11.6 Å². The summed E-state index contributed by atoms with van der Waals surface area (Å²) in [6, 6.07) is 10.4. The van der Waals surface area contributed by atoms with Gasteiger partial charge < -0.3 is 9.80 Å². The molecular weight excluding hydrogens is 414 g/mol. The summed E-state index contributed by atoms with van der Waals surface area (Å²) in [6.45, 7) is 4.54. The van der Waals surface area contributed by atoms with Crippen molar-refractivity contribution in [2.24, 2.45) is 0 Å². The van der Waals surface area contributed by atoms with Crippen LogP contribution < -0.4 is 4.90 Å². The van der Waals surface area contributed by atoms with Crippen LogP contribution in [0.5, 0.6) is 0 Å². The third-order valence-corrected chi connectivity index (χ3v) is 6.64. The fraction of sp³-hybridized carbons (Fsp3) is 0.538. The van der Waals surface area contributed by atoms with Gasteiger partial charge in [-0.3, -0.25) is 14.5 Å². The summed E-state index contributed by atoms with van der Waals surface area (Å²) in [5.41, 5.74) is 3.34. The molecule has 1 atom stereocenters. The van der Waals surface area contributed by atoms with Crippen LogP contribution in [0.25, 0.3) is 0 Å². The molecule has 2 aromatic rings. The molecule has 2 amide bonds. The number of piperidine rings is 1. The van der Waals surface area contributed by atoms with Gasteiger partial charge in [-0.2, -0.15) is 0 Å². The zero-order valence-electron chi connectivity index (χ0n) is 20.1. The average molecular weight is 450 g/mol. The monoisotopic (exact) mass is 449 g/mol. The standard InChI is InChI=1S/C26H35N5O2/c1-19-22-13-14-23(32)31(16-7-11-20-9-5-4-6-10-20)26(22)28-25(27-19)21-12-8-15-30(17-21)24(33)18-29(2)3/h4-6,9-10,21H,7-8,11-18H2,1-3H3/t21-/m0/s1. The van der Waals surface area contributed by atoms with E-state index in [4.69, 9.17) is 9.97 Å². The maximum Gasteiger partial charge on any atom is 0.236 e. The van der Waals surface area contributed by atoms with E-state index >= 15 is 0 Å². The number of likely N-dealkylation sites (tertiary alicyclic amines) is 1. The van der Waals surface area contributed by atoms with Crippen LogP contribution in [0, 0.1) is 6.92 Å². The Morgan fingerprint density at radius 2 is 1.94 bits per heavy atom. The molecule has 7 heteroatoms. The minimum absolute atomic E-state index is 0.108. The zero-order valence-corrected chi connectivity index (χ0v) is 20.1. The highest BCUT2D eigenvalue weighted by Gasteiger charge is 2.31. The molecule has 0 N–H and O–H groups in total. The predicted octanol–water partition coefficient (Wildman–Crippen LogP) is 2.96. The third-order valence-electron chi connectivity index (χ3n) is 6.64. The number of rotatable bonds is 7. The summed E-state index contributed by atoms with van der Waals surface area (Å²) in [7, 11) is 3.83. The van der Waals surface area contributed by atoms with Crippen LogP contribution in [0.2, 0.25) is 0 Å². The van der Waals surface area contributed by atoms with E-state index in [1.54, 1.807) is 0 Å². The van der Waals surface area contributed by atoms with Gasteiger partial charge in [0.15, 0.2) is 0 Å². The van der Waals surface area contributed by atoms with Gasteiger partial charge in [-0.05, 0) is 58.7 Å². The Morgan fingerprint density at radius 1 is 1.15 bits per heavy atom. The number of benzene rings is 1. The van der Waals surface area contributed by atoms with Crippen molar-refractivity contribution >= 4 is 17.6 Å². The lowest BCUT2D eigenvalue weighted by Crippen LogP contribution is -2.43. The second-order valence-corrected chi connectivity index (χ2v) is 9.52. The van der Waals surface area contributed by atoms with Crippen LogP contribution >= 0.6 is 0 Å². The highest BCUT2D eigenvalue weighted by Crippen LogP contribution is 2.32. The van der Waals surface area contributed by atoms with Gasteiger partial charge in [-0.1, -0.05) is 30.3 Å². The molecule has 7 nitrogen and oxygen atoms in total. The van der Waals surface area contributed by atoms with Crippen LogP contribution in [0.1, 0.15) is 54.2 Å². The second kappa shape index (κ2) is 10.4. The number of anilines is 1. The summed E-state index contributed by atoms with van der Waals surface area (Å²) in [5, 5.41) is 0. The van der Waals surface area contributed by atoms with Gasteiger partial charge >= 0.3 is 0 Å². The maximum absolute atomic E-state index is 12.9. The fourth-order valence-electron chi connectivity index (χ4n) is 4.89. The average Bonchev–Trinajstić information content (AvgIpc) is 2.80. The van der Waals surface area contributed by atoms with E-state index in [0.29, 0.717) is 32.5 Å². The smallest absolute Gasteiger partial charge is 0.236 e. The molecule has 1 aromatic heterocycles. The molecule has 1 saturated heterocycles. The molecule has 2 aliphatic heterocycles. The summed E-state index contributed by atoms with van der Waals surface area (Å²) in [4.78, 5) is 41.0. The first kappa shape index (κ1) is 23.4. The number of aryl methyl sites for hydroxylation is 2. The van der Waals surface area contributed by atoms with Crippen molar-refractivity contribution in [3.8, 4) is 0 Å². The van der Waals surface area contributed by atoms with Crippen molar-refractivity contribution in [2.45, 2.75) is 51.4 Å². The van der Waals surface area contributed by atoms with Crippen LogP contribution in [0.4, 0.5) is 5.82 Å². The zero-order chi connectivity index (χ0) is 23.4. The van der Waals surface area contributed by atoms with Gasteiger partial charge in [-0.25, -0.2) is 9.97 Å². The quantitative estimate of drug-likeness (QED) is 0.650. The minimum atomic E-state index is 0.108. The number of likely N-dealkylation sites (N-methyl/N-ethyl adjacent to an activating group) is 1. The Balaban J connectivity index is 1.51. The number of carbonyl (C=O) groups is 2. The molecule has 0 aliphatic carbocycles. The molecule has 4 rings (SSSR count). The molecular formula is C26H35N5O2. The third kappa shape index (κ3) is 5.58. The number of aromatic nitrogens is 2. The van der Waals surface area contributed by atoms with E-state index in [-0.39, 0.29) is 17.7 Å². The van der Waals surface area contributed by atoms with Crippen LogP contribution in [0.3, 0.4) is 0 Å². The van der Waals surface area contributed by atoms with E-state index in [0.717, 1.165) is 55.1 Å². The van der Waals surface area contributed by atoms with Gasteiger partial charge in [0.05, 0.1) is 6.54 Å². The number of amides is 2. The first-order chi connectivity index (χ1) is 15.9. The van der Waals surface area contributed by atoms with Gasteiger partial charge in [0.25, 0.3) is 0 Å². The van der Waals surface area contributed by atoms with E-state index in [1.807, 2.05) is 41.8 Å². The van der Waals surface area contributed by atoms with Crippen molar-refractivity contribution in [2.75, 3.05) is 45.2 Å². The molecule has 1 aromatic carbocycles.